The van der Waals surface area contributed by atoms with E-state index in [1.165, 1.54) is 0 Å². The molecule has 2 aromatic rings. The summed E-state index contributed by atoms with van der Waals surface area (Å²) in [6.07, 6.45) is 3.43. The first-order valence-electron chi connectivity index (χ1n) is 10.0. The van der Waals surface area contributed by atoms with Crippen molar-refractivity contribution in [3.05, 3.63) is 64.2 Å². The van der Waals surface area contributed by atoms with Gasteiger partial charge in [-0.05, 0) is 84.7 Å². The number of rotatable bonds is 7. The summed E-state index contributed by atoms with van der Waals surface area (Å²) in [5.41, 5.74) is 5.10. The van der Waals surface area contributed by atoms with Gasteiger partial charge in [-0.15, -0.1) is 0 Å². The Labute approximate surface area is 170 Å². The Bertz CT molecular complexity index is 907. The Morgan fingerprint density at radius 2 is 1.64 bits per heavy atom. The minimum absolute atomic E-state index is 0.0536. The lowest BCUT2D eigenvalue weighted by molar-refractivity contribution is 0.297. The lowest BCUT2D eigenvalue weighted by Crippen LogP contribution is -2.13. The molecular formula is C24H34O3S. The van der Waals surface area contributed by atoms with Crippen molar-refractivity contribution in [2.24, 2.45) is 11.3 Å². The second-order valence-corrected chi connectivity index (χ2v) is 10.7. The maximum Gasteiger partial charge on any atom is 0.294 e. The van der Waals surface area contributed by atoms with E-state index >= 15 is 0 Å². The Kier molecular flexibility index (Phi) is 7.11. The topological polar surface area (TPSA) is 54.4 Å². The molecule has 0 saturated carbocycles. The van der Waals surface area contributed by atoms with Crippen LogP contribution in [-0.4, -0.2) is 13.0 Å². The van der Waals surface area contributed by atoms with Gasteiger partial charge >= 0.3 is 0 Å². The zero-order valence-corrected chi connectivity index (χ0v) is 18.9. The molecule has 0 fully saturated rings. The van der Waals surface area contributed by atoms with Crippen LogP contribution in [0.15, 0.2) is 41.3 Å². The maximum atomic E-state index is 12.1. The van der Waals surface area contributed by atoms with Gasteiger partial charge in [0.25, 0.3) is 10.1 Å². The largest absolute Gasteiger partial charge is 0.294 e. The van der Waals surface area contributed by atoms with Gasteiger partial charge in [0.05, 0.1) is 4.90 Å². The molecule has 28 heavy (non-hydrogen) atoms. The van der Waals surface area contributed by atoms with Crippen molar-refractivity contribution in [2.75, 3.05) is 0 Å². The summed E-state index contributed by atoms with van der Waals surface area (Å²) in [5.74, 6) is 0.554. The first-order chi connectivity index (χ1) is 12.9. The van der Waals surface area contributed by atoms with Crippen LogP contribution in [0.2, 0.25) is 0 Å². The molecule has 0 aliphatic heterocycles. The normalized spacial score (nSPS) is 13.5. The molecule has 0 saturated heterocycles. The van der Waals surface area contributed by atoms with E-state index in [2.05, 4.69) is 34.6 Å². The third kappa shape index (κ3) is 6.18. The molecule has 1 unspecified atom stereocenters. The van der Waals surface area contributed by atoms with Crippen LogP contribution in [0.5, 0.6) is 0 Å². The van der Waals surface area contributed by atoms with Gasteiger partial charge in [-0.1, -0.05) is 58.0 Å². The fraction of sp³-hybridized carbons (Fsp3) is 0.500. The molecule has 0 bridgehead atoms. The van der Waals surface area contributed by atoms with Gasteiger partial charge in [0, 0.05) is 0 Å². The Morgan fingerprint density at radius 3 is 2.18 bits per heavy atom. The average Bonchev–Trinajstić information content (AvgIpc) is 2.56. The van der Waals surface area contributed by atoms with Crippen molar-refractivity contribution in [1.29, 1.82) is 0 Å². The fourth-order valence-corrected chi connectivity index (χ4v) is 4.89. The molecular weight excluding hydrogens is 368 g/mol. The van der Waals surface area contributed by atoms with Crippen molar-refractivity contribution in [1.82, 2.24) is 0 Å². The van der Waals surface area contributed by atoms with Crippen LogP contribution in [0.1, 0.15) is 68.4 Å². The minimum atomic E-state index is -4.28. The number of hydrogen-bond donors (Lipinski definition) is 1. The van der Waals surface area contributed by atoms with Crippen LogP contribution >= 0.6 is 0 Å². The highest BCUT2D eigenvalue weighted by atomic mass is 32.2. The lowest BCUT2D eigenvalue weighted by atomic mass is 9.82. The van der Waals surface area contributed by atoms with Crippen LogP contribution in [0.3, 0.4) is 0 Å². The van der Waals surface area contributed by atoms with Gasteiger partial charge in [-0.3, -0.25) is 4.55 Å². The molecule has 0 radical (unpaired) electrons. The summed E-state index contributed by atoms with van der Waals surface area (Å²) in [5, 5.41) is 0. The van der Waals surface area contributed by atoms with Gasteiger partial charge in [-0.25, -0.2) is 0 Å². The molecule has 0 heterocycles. The van der Waals surface area contributed by atoms with E-state index in [1.807, 2.05) is 37.3 Å². The molecule has 0 spiro atoms. The van der Waals surface area contributed by atoms with Gasteiger partial charge in [-0.2, -0.15) is 8.42 Å². The van der Waals surface area contributed by atoms with E-state index in [1.54, 1.807) is 6.07 Å². The van der Waals surface area contributed by atoms with Crippen LogP contribution in [0.25, 0.3) is 0 Å². The molecule has 0 aliphatic rings. The summed E-state index contributed by atoms with van der Waals surface area (Å²) in [6.45, 7) is 13.0. The SMILES string of the molecule is Cc1c(CCC(C)CC(C)(C)C)cc(S(=O)(=O)O)c(Cc2ccccc2)c1C. The average molecular weight is 403 g/mol. The van der Waals surface area contributed by atoms with Gasteiger partial charge in [0.1, 0.15) is 0 Å². The number of hydrogen-bond acceptors (Lipinski definition) is 2. The van der Waals surface area contributed by atoms with E-state index in [0.717, 1.165) is 41.5 Å². The zero-order valence-electron chi connectivity index (χ0n) is 18.0. The van der Waals surface area contributed by atoms with Crippen molar-refractivity contribution in [2.45, 2.75) is 72.1 Å². The second-order valence-electron chi connectivity index (χ2n) is 9.31. The predicted octanol–water partition coefficient (Wildman–Crippen LogP) is 6.15. The van der Waals surface area contributed by atoms with Crippen molar-refractivity contribution < 1.29 is 13.0 Å². The first kappa shape index (κ1) is 22.6. The van der Waals surface area contributed by atoms with Crippen LogP contribution in [0.4, 0.5) is 0 Å². The summed E-state index contributed by atoms with van der Waals surface area (Å²) < 4.78 is 34.2. The molecule has 3 nitrogen and oxygen atoms in total. The predicted molar refractivity (Wildman–Crippen MR) is 117 cm³/mol. The molecule has 2 aromatic carbocycles. The summed E-state index contributed by atoms with van der Waals surface area (Å²) in [6, 6.07) is 11.5. The molecule has 0 aromatic heterocycles. The van der Waals surface area contributed by atoms with E-state index in [-0.39, 0.29) is 10.3 Å². The van der Waals surface area contributed by atoms with E-state index in [9.17, 15) is 13.0 Å². The zero-order chi connectivity index (χ0) is 21.1. The van der Waals surface area contributed by atoms with Crippen molar-refractivity contribution in [3.63, 3.8) is 0 Å². The van der Waals surface area contributed by atoms with Crippen molar-refractivity contribution in [3.8, 4) is 0 Å². The minimum Gasteiger partial charge on any atom is -0.282 e. The standard InChI is InChI=1S/C24H34O3S/c1-17(16-24(4,5)6)12-13-21-15-23(28(25,26)27)22(19(3)18(21)2)14-20-10-8-7-9-11-20/h7-11,15,17H,12-14,16H2,1-6H3,(H,25,26,27). The Hall–Kier alpha value is -1.65. The number of aryl methyl sites for hydroxylation is 1. The van der Waals surface area contributed by atoms with E-state index in [4.69, 9.17) is 0 Å². The third-order valence-corrected chi connectivity index (χ3v) is 6.39. The summed E-state index contributed by atoms with van der Waals surface area (Å²) >= 11 is 0. The van der Waals surface area contributed by atoms with Crippen molar-refractivity contribution >= 4 is 10.1 Å². The van der Waals surface area contributed by atoms with E-state index < -0.39 is 10.1 Å². The molecule has 154 valence electrons. The maximum absolute atomic E-state index is 12.1. The monoisotopic (exact) mass is 402 g/mol. The lowest BCUT2D eigenvalue weighted by Gasteiger charge is -2.24. The molecule has 2 rings (SSSR count). The Morgan fingerprint density at radius 1 is 1.04 bits per heavy atom. The highest BCUT2D eigenvalue weighted by molar-refractivity contribution is 7.85. The van der Waals surface area contributed by atoms with Crippen LogP contribution in [-0.2, 0) is 23.0 Å². The molecule has 1 N–H and O–H groups in total. The second kappa shape index (κ2) is 8.79. The van der Waals surface area contributed by atoms with Crippen LogP contribution < -0.4 is 0 Å². The molecule has 1 atom stereocenters. The van der Waals surface area contributed by atoms with Gasteiger partial charge in [0.15, 0.2) is 0 Å². The summed E-state index contributed by atoms with van der Waals surface area (Å²) in [4.78, 5) is 0.0536. The first-order valence-corrected chi connectivity index (χ1v) is 11.5. The quantitative estimate of drug-likeness (QED) is 0.565. The van der Waals surface area contributed by atoms with E-state index in [0.29, 0.717) is 17.9 Å². The molecule has 0 aliphatic carbocycles. The highest BCUT2D eigenvalue weighted by Crippen LogP contribution is 2.31. The molecule has 4 heteroatoms. The van der Waals surface area contributed by atoms with Gasteiger partial charge < -0.3 is 0 Å². The smallest absolute Gasteiger partial charge is 0.282 e. The van der Waals surface area contributed by atoms with Gasteiger partial charge in [0.2, 0.25) is 0 Å². The van der Waals surface area contributed by atoms with Crippen LogP contribution in [0, 0.1) is 25.2 Å². The highest BCUT2D eigenvalue weighted by Gasteiger charge is 2.22. The Balaban J connectivity index is 2.38. The summed E-state index contributed by atoms with van der Waals surface area (Å²) in [7, 11) is -4.28. The molecule has 0 amide bonds. The fourth-order valence-electron chi connectivity index (χ4n) is 4.06. The third-order valence-electron chi connectivity index (χ3n) is 5.47. The number of benzene rings is 2.